The van der Waals surface area contributed by atoms with Crippen LogP contribution < -0.4 is 5.32 Å². The van der Waals surface area contributed by atoms with Crippen molar-refractivity contribution in [3.05, 3.63) is 48.3 Å². The minimum atomic E-state index is -4.57. The summed E-state index contributed by atoms with van der Waals surface area (Å²) in [7, 11) is 0. The smallest absolute Gasteiger partial charge is 0.389 e. The number of fused-ring (bicyclic) bond motifs is 1. The van der Waals surface area contributed by atoms with Gasteiger partial charge < -0.3 is 19.6 Å². The largest absolute Gasteiger partial charge is 0.449 e. The molecule has 0 spiro atoms. The Balaban J connectivity index is 1.36. The second-order valence-electron chi connectivity index (χ2n) is 7.87. The first-order valence-electron chi connectivity index (χ1n) is 10.2. The van der Waals surface area contributed by atoms with Crippen LogP contribution in [0.4, 0.5) is 13.2 Å². The van der Waals surface area contributed by atoms with Crippen LogP contribution in [0.3, 0.4) is 0 Å². The summed E-state index contributed by atoms with van der Waals surface area (Å²) < 4.78 is 43.1. The SMILES string of the molecule is Cc1nccn1[C@@H]1CC[C@@H](NC(=O)CCCn2c(C(F)(F)F)nc3ccccc32)[C@H]1O. The predicted octanol–water partition coefficient (Wildman–Crippen LogP) is 3.22. The molecule has 0 aliphatic heterocycles. The van der Waals surface area contributed by atoms with Gasteiger partial charge in [0, 0.05) is 25.4 Å². The van der Waals surface area contributed by atoms with Crippen molar-refractivity contribution in [3.8, 4) is 0 Å². The Kier molecular flexibility index (Phi) is 5.74. The van der Waals surface area contributed by atoms with Crippen LogP contribution in [0, 0.1) is 6.92 Å². The molecule has 0 bridgehead atoms. The van der Waals surface area contributed by atoms with Gasteiger partial charge in [-0.1, -0.05) is 12.1 Å². The van der Waals surface area contributed by atoms with Crippen LogP contribution in [0.15, 0.2) is 36.7 Å². The molecule has 166 valence electrons. The summed E-state index contributed by atoms with van der Waals surface area (Å²) in [4.78, 5) is 20.3. The number of aryl methyl sites for hydroxylation is 2. The normalized spacial score (nSPS) is 21.6. The fourth-order valence-electron chi connectivity index (χ4n) is 4.35. The van der Waals surface area contributed by atoms with E-state index in [0.717, 1.165) is 10.4 Å². The van der Waals surface area contributed by atoms with Gasteiger partial charge in [-0.25, -0.2) is 9.97 Å². The zero-order valence-corrected chi connectivity index (χ0v) is 17.0. The van der Waals surface area contributed by atoms with Crippen molar-refractivity contribution in [1.82, 2.24) is 24.4 Å². The molecule has 7 nitrogen and oxygen atoms in total. The number of benzene rings is 1. The third kappa shape index (κ3) is 4.30. The molecular formula is C21H24F3N5O2. The molecule has 0 saturated heterocycles. The van der Waals surface area contributed by atoms with Crippen LogP contribution in [0.5, 0.6) is 0 Å². The van der Waals surface area contributed by atoms with Gasteiger partial charge in [0.1, 0.15) is 5.82 Å². The third-order valence-electron chi connectivity index (χ3n) is 5.84. The number of rotatable bonds is 6. The summed E-state index contributed by atoms with van der Waals surface area (Å²) in [5.41, 5.74) is 0.661. The number of para-hydroxylation sites is 2. The number of carbonyl (C=O) groups excluding carboxylic acids is 1. The molecule has 31 heavy (non-hydrogen) atoms. The average Bonchev–Trinajstić information content (AvgIpc) is 3.40. The van der Waals surface area contributed by atoms with E-state index in [4.69, 9.17) is 0 Å². The monoisotopic (exact) mass is 435 g/mol. The molecule has 0 unspecified atom stereocenters. The molecule has 3 atom stereocenters. The number of carbonyl (C=O) groups is 1. The second-order valence-corrected chi connectivity index (χ2v) is 7.87. The molecule has 2 N–H and O–H groups in total. The molecule has 1 amide bonds. The molecule has 2 heterocycles. The fourth-order valence-corrected chi connectivity index (χ4v) is 4.35. The van der Waals surface area contributed by atoms with E-state index in [1.807, 2.05) is 11.5 Å². The van der Waals surface area contributed by atoms with E-state index in [0.29, 0.717) is 18.4 Å². The topological polar surface area (TPSA) is 85.0 Å². The highest BCUT2D eigenvalue weighted by molar-refractivity contribution is 5.77. The Hall–Kier alpha value is -2.88. The zero-order chi connectivity index (χ0) is 22.2. The quantitative estimate of drug-likeness (QED) is 0.623. The number of aliphatic hydroxyl groups excluding tert-OH is 1. The molecule has 2 aromatic heterocycles. The van der Waals surface area contributed by atoms with E-state index in [1.165, 1.54) is 6.07 Å². The summed E-state index contributed by atoms with van der Waals surface area (Å²) in [5.74, 6) is -0.451. The number of halogens is 3. The maximum absolute atomic E-state index is 13.4. The highest BCUT2D eigenvalue weighted by Crippen LogP contribution is 2.33. The zero-order valence-electron chi connectivity index (χ0n) is 17.0. The average molecular weight is 435 g/mol. The predicted molar refractivity (Wildman–Crippen MR) is 107 cm³/mol. The number of nitrogens with zero attached hydrogens (tertiary/aromatic N) is 4. The Bertz CT molecular complexity index is 1070. The van der Waals surface area contributed by atoms with Gasteiger partial charge in [0.2, 0.25) is 11.7 Å². The number of hydrogen-bond acceptors (Lipinski definition) is 4. The molecular weight excluding hydrogens is 411 g/mol. The van der Waals surface area contributed by atoms with Gasteiger partial charge in [-0.2, -0.15) is 13.2 Å². The number of alkyl halides is 3. The van der Waals surface area contributed by atoms with Gasteiger partial charge in [0.15, 0.2) is 0 Å². The second kappa shape index (κ2) is 8.33. The summed E-state index contributed by atoms with van der Waals surface area (Å²) in [6.45, 7) is 1.88. The lowest BCUT2D eigenvalue weighted by molar-refractivity contribution is -0.146. The fraction of sp³-hybridized carbons (Fsp3) is 0.476. The number of aromatic nitrogens is 4. The van der Waals surface area contributed by atoms with Crippen molar-refractivity contribution in [2.75, 3.05) is 0 Å². The van der Waals surface area contributed by atoms with Crippen LogP contribution in [0.25, 0.3) is 11.0 Å². The van der Waals surface area contributed by atoms with Crippen molar-refractivity contribution >= 4 is 16.9 Å². The van der Waals surface area contributed by atoms with Crippen LogP contribution in [0.2, 0.25) is 0 Å². The van der Waals surface area contributed by atoms with Crippen molar-refractivity contribution in [2.45, 2.75) is 63.5 Å². The third-order valence-corrected chi connectivity index (χ3v) is 5.84. The molecule has 0 radical (unpaired) electrons. The maximum Gasteiger partial charge on any atom is 0.449 e. The summed E-state index contributed by atoms with van der Waals surface area (Å²) in [6.07, 6.45) is -0.228. The van der Waals surface area contributed by atoms with Gasteiger partial charge in [-0.3, -0.25) is 4.79 Å². The molecule has 1 saturated carbocycles. The minimum Gasteiger partial charge on any atom is -0.389 e. The lowest BCUT2D eigenvalue weighted by Crippen LogP contribution is -2.42. The molecule has 3 aromatic rings. The Labute approximate surface area is 176 Å². The number of imidazole rings is 2. The summed E-state index contributed by atoms with van der Waals surface area (Å²) in [6, 6.07) is 5.88. The molecule has 10 heteroatoms. The molecule has 1 aliphatic rings. The van der Waals surface area contributed by atoms with E-state index >= 15 is 0 Å². The highest BCUT2D eigenvalue weighted by Gasteiger charge is 2.38. The van der Waals surface area contributed by atoms with Crippen LogP contribution in [-0.2, 0) is 17.5 Å². The maximum atomic E-state index is 13.4. The van der Waals surface area contributed by atoms with Crippen molar-refractivity contribution in [1.29, 1.82) is 0 Å². The van der Waals surface area contributed by atoms with Crippen LogP contribution >= 0.6 is 0 Å². The van der Waals surface area contributed by atoms with E-state index in [2.05, 4.69) is 15.3 Å². The molecule has 1 fully saturated rings. The minimum absolute atomic E-state index is 0.0207. The summed E-state index contributed by atoms with van der Waals surface area (Å²) in [5, 5.41) is 13.4. The van der Waals surface area contributed by atoms with Crippen molar-refractivity contribution in [2.24, 2.45) is 0 Å². The Morgan fingerprint density at radius 2 is 2.06 bits per heavy atom. The first-order valence-corrected chi connectivity index (χ1v) is 10.2. The number of nitrogens with one attached hydrogen (secondary N) is 1. The van der Waals surface area contributed by atoms with Gasteiger partial charge in [-0.15, -0.1) is 0 Å². The molecule has 4 rings (SSSR count). The van der Waals surface area contributed by atoms with Gasteiger partial charge in [0.25, 0.3) is 0 Å². The number of amides is 1. The summed E-state index contributed by atoms with van der Waals surface area (Å²) >= 11 is 0. The first-order chi connectivity index (χ1) is 14.8. The van der Waals surface area contributed by atoms with E-state index < -0.39 is 18.1 Å². The molecule has 1 aliphatic carbocycles. The lowest BCUT2D eigenvalue weighted by atomic mass is 10.1. The molecule has 1 aromatic carbocycles. The number of hydrogen-bond donors (Lipinski definition) is 2. The van der Waals surface area contributed by atoms with E-state index in [-0.39, 0.29) is 42.9 Å². The standard InChI is InChI=1S/C21H24F3N5O2/c1-13-25-10-12-28(13)17-9-8-15(19(17)31)26-18(30)7-4-11-29-16-6-3-2-5-14(16)27-20(29)21(22,23)24/h2-3,5-6,10,12,15,17,19,31H,4,7-9,11H2,1H3,(H,26,30)/t15-,17-,19-/m1/s1. The van der Waals surface area contributed by atoms with Gasteiger partial charge in [-0.05, 0) is 38.3 Å². The van der Waals surface area contributed by atoms with Crippen molar-refractivity contribution < 1.29 is 23.1 Å². The lowest BCUT2D eigenvalue weighted by Gasteiger charge is -2.22. The van der Waals surface area contributed by atoms with Crippen LogP contribution in [-0.4, -0.2) is 42.3 Å². The van der Waals surface area contributed by atoms with Gasteiger partial charge in [0.05, 0.1) is 29.2 Å². The first kappa shape index (κ1) is 21.4. The van der Waals surface area contributed by atoms with Crippen molar-refractivity contribution in [3.63, 3.8) is 0 Å². The van der Waals surface area contributed by atoms with E-state index in [9.17, 15) is 23.1 Å². The van der Waals surface area contributed by atoms with Gasteiger partial charge >= 0.3 is 6.18 Å². The van der Waals surface area contributed by atoms with E-state index in [1.54, 1.807) is 30.6 Å². The van der Waals surface area contributed by atoms with Crippen LogP contribution in [0.1, 0.15) is 43.4 Å². The Morgan fingerprint density at radius 3 is 2.77 bits per heavy atom. The highest BCUT2D eigenvalue weighted by atomic mass is 19.4. The number of aliphatic hydroxyl groups is 1. The Morgan fingerprint density at radius 1 is 1.29 bits per heavy atom.